The van der Waals surface area contributed by atoms with E-state index in [-0.39, 0.29) is 52.5 Å². The molecule has 0 aliphatic carbocycles. The molecule has 0 spiro atoms. The molecule has 0 unspecified atom stereocenters. The van der Waals surface area contributed by atoms with Gasteiger partial charge >= 0.3 is 0 Å². The number of hydrogen-bond acceptors (Lipinski definition) is 9. The number of azide groups is 1. The van der Waals surface area contributed by atoms with Gasteiger partial charge in [-0.3, -0.25) is 0 Å². The summed E-state index contributed by atoms with van der Waals surface area (Å²) in [4.78, 5) is 3.36. The van der Waals surface area contributed by atoms with Crippen molar-refractivity contribution in [1.29, 1.82) is 5.26 Å². The molecule has 1 heterocycles. The van der Waals surface area contributed by atoms with Crippen molar-refractivity contribution in [2.45, 2.75) is 101 Å². The summed E-state index contributed by atoms with van der Waals surface area (Å²) in [5.41, 5.74) is 16.0. The van der Waals surface area contributed by atoms with Crippen molar-refractivity contribution in [1.82, 2.24) is 0 Å². The van der Waals surface area contributed by atoms with Gasteiger partial charge in [-0.2, -0.15) is 5.26 Å². The van der Waals surface area contributed by atoms with Crippen LogP contribution >= 0.6 is 0 Å². The number of nitrogens with zero attached hydrogens (tertiary/aromatic N) is 4. The van der Waals surface area contributed by atoms with Crippen LogP contribution in [-0.4, -0.2) is 55.4 Å². The first-order valence-corrected chi connectivity index (χ1v) is 22.1. The summed E-state index contributed by atoms with van der Waals surface area (Å²) >= 11 is 0. The van der Waals surface area contributed by atoms with Gasteiger partial charge in [0.2, 0.25) is 0 Å². The molecule has 6 aromatic rings. The van der Waals surface area contributed by atoms with Crippen molar-refractivity contribution in [3.8, 4) is 6.07 Å². The predicted molar refractivity (Wildman–Crippen MR) is 248 cm³/mol. The highest BCUT2D eigenvalue weighted by Crippen LogP contribution is 2.35. The van der Waals surface area contributed by atoms with Gasteiger partial charge in [0.05, 0.1) is 83.1 Å². The van der Waals surface area contributed by atoms with E-state index in [9.17, 15) is 10.8 Å². The predicted octanol–water partition coefficient (Wildman–Crippen LogP) is 10.9. The fourth-order valence-electron chi connectivity index (χ4n) is 8.00. The Labute approximate surface area is 382 Å². The summed E-state index contributed by atoms with van der Waals surface area (Å²) in [7, 11) is 0. The van der Waals surface area contributed by atoms with E-state index in [1.807, 2.05) is 182 Å². The number of nitriles is 1. The molecule has 0 bridgehead atoms. The lowest BCUT2D eigenvalue weighted by atomic mass is 9.88. The maximum absolute atomic E-state index is 10.3. The Balaban J connectivity index is 1.26. The fourth-order valence-corrected chi connectivity index (χ4v) is 8.00. The van der Waals surface area contributed by atoms with Crippen LogP contribution in [0.1, 0.15) is 46.2 Å². The Kier molecular flexibility index (Phi) is 18.7. The lowest BCUT2D eigenvalue weighted by Crippen LogP contribution is -2.62. The molecule has 7 rings (SSSR count). The van der Waals surface area contributed by atoms with E-state index in [1.165, 1.54) is 0 Å². The molecule has 0 N–H and O–H groups in total. The third-order valence-electron chi connectivity index (χ3n) is 11.3. The molecule has 0 saturated carbocycles. The first-order valence-electron chi connectivity index (χ1n) is 22.1. The summed E-state index contributed by atoms with van der Waals surface area (Å²) in [5, 5.41) is 14.6. The second-order valence-electron chi connectivity index (χ2n) is 16.0. The zero-order chi connectivity index (χ0) is 44.7. The van der Waals surface area contributed by atoms with Gasteiger partial charge in [-0.15, -0.1) is 0 Å². The van der Waals surface area contributed by atoms with Gasteiger partial charge in [0, 0.05) is 4.91 Å². The van der Waals surface area contributed by atoms with Crippen LogP contribution in [0.25, 0.3) is 10.4 Å². The maximum atomic E-state index is 10.3. The van der Waals surface area contributed by atoms with E-state index in [4.69, 9.17) is 33.2 Å². The summed E-state index contributed by atoms with van der Waals surface area (Å²) in [6, 6.07) is 60.8. The lowest BCUT2D eigenvalue weighted by Gasteiger charge is -2.47. The number of rotatable bonds is 25. The van der Waals surface area contributed by atoms with E-state index in [2.05, 4.69) is 16.1 Å². The summed E-state index contributed by atoms with van der Waals surface area (Å²) in [6.45, 7) is 1.73. The Morgan fingerprint density at radius 3 is 1.32 bits per heavy atom. The minimum Gasteiger partial charge on any atom is -0.374 e. The molecule has 0 radical (unpaired) electrons. The minimum absolute atomic E-state index is 0.0165. The van der Waals surface area contributed by atoms with E-state index < -0.39 is 48.8 Å². The molecule has 0 aromatic heterocycles. The number of hydrogen-bond donors (Lipinski definition) is 0. The number of ether oxygens (including phenoxy) is 7. The molecule has 65 heavy (non-hydrogen) atoms. The van der Waals surface area contributed by atoms with Crippen LogP contribution in [0.4, 0.5) is 0 Å². The van der Waals surface area contributed by atoms with Crippen molar-refractivity contribution in [2.24, 2.45) is 5.11 Å². The molecule has 1 saturated heterocycles. The lowest BCUT2D eigenvalue weighted by molar-refractivity contribution is -0.275. The molecule has 334 valence electrons. The van der Waals surface area contributed by atoms with Crippen LogP contribution in [0.2, 0.25) is 0 Å². The van der Waals surface area contributed by atoms with Gasteiger partial charge < -0.3 is 33.2 Å². The maximum Gasteiger partial charge on any atom is 0.115 e. The quantitative estimate of drug-likeness (QED) is 0.0315. The van der Waals surface area contributed by atoms with Gasteiger partial charge in [-0.05, 0) is 45.3 Å². The standard InChI is InChI=1S/C54H56N4O7/c55-32-31-48(60-35-42-21-9-2-10-22-42)51(61-36-43-23-11-3-12-24-43)47(57-58-56)33-49-52(62-37-44-25-13-4-14-26-44)54(64-39-46-29-17-6-18-30-46)53(63-38-45-27-15-5-16-28-45)50(65-49)40-59-34-41-19-7-1-8-20-41/h1-30,47-54H,31,33-40H2/t47-,48+,49+,50+,51+,52-,53-,54+/m0/s1. The second kappa shape index (κ2) is 26.0. The minimum atomic E-state index is -0.881. The Bertz CT molecular complexity index is 2320. The average Bonchev–Trinajstić information content (AvgIpc) is 3.36. The van der Waals surface area contributed by atoms with Crippen molar-refractivity contribution < 1.29 is 33.2 Å². The average molecular weight is 873 g/mol. The highest BCUT2D eigenvalue weighted by molar-refractivity contribution is 5.18. The Hall–Kier alpha value is -6.16. The molecule has 11 heteroatoms. The van der Waals surface area contributed by atoms with Crippen LogP contribution < -0.4 is 0 Å². The van der Waals surface area contributed by atoms with E-state index in [0.29, 0.717) is 6.61 Å². The van der Waals surface area contributed by atoms with Crippen LogP contribution in [0.15, 0.2) is 187 Å². The molecule has 6 aromatic carbocycles. The topological polar surface area (TPSA) is 137 Å². The van der Waals surface area contributed by atoms with Gasteiger partial charge in [-0.25, -0.2) is 0 Å². The van der Waals surface area contributed by atoms with E-state index in [1.54, 1.807) is 0 Å². The first kappa shape index (κ1) is 46.8. The Morgan fingerprint density at radius 2 is 0.892 bits per heavy atom. The van der Waals surface area contributed by atoms with Crippen molar-refractivity contribution in [2.75, 3.05) is 6.61 Å². The zero-order valence-corrected chi connectivity index (χ0v) is 36.4. The van der Waals surface area contributed by atoms with Crippen molar-refractivity contribution >= 4 is 0 Å². The molecule has 0 amide bonds. The molecule has 8 atom stereocenters. The summed E-state index contributed by atoms with van der Waals surface area (Å²) in [5.74, 6) is 0. The van der Waals surface area contributed by atoms with Crippen LogP contribution in [-0.2, 0) is 72.8 Å². The molecule has 1 aliphatic rings. The normalized spacial score (nSPS) is 19.6. The largest absolute Gasteiger partial charge is 0.374 e. The molecular weight excluding hydrogens is 817 g/mol. The highest BCUT2D eigenvalue weighted by Gasteiger charge is 2.50. The van der Waals surface area contributed by atoms with E-state index >= 15 is 0 Å². The fraction of sp³-hybridized carbons (Fsp3) is 0.315. The third-order valence-corrected chi connectivity index (χ3v) is 11.3. The second-order valence-corrected chi connectivity index (χ2v) is 16.0. The van der Waals surface area contributed by atoms with Crippen molar-refractivity contribution in [3.63, 3.8) is 0 Å². The summed E-state index contributed by atoms with van der Waals surface area (Å²) in [6.07, 6.45) is -5.00. The first-order chi connectivity index (χ1) is 32.2. The van der Waals surface area contributed by atoms with Gasteiger partial charge in [0.15, 0.2) is 0 Å². The smallest absolute Gasteiger partial charge is 0.115 e. The molecule has 1 aliphatic heterocycles. The van der Waals surface area contributed by atoms with Gasteiger partial charge in [-0.1, -0.05) is 187 Å². The van der Waals surface area contributed by atoms with E-state index in [0.717, 1.165) is 33.4 Å². The SMILES string of the molecule is N#CC[C@@H](OCc1ccccc1)[C@H](OCc1ccccc1)[C@H](C[C@H]1O[C@H](COCc2ccccc2)[C@H](OCc2ccccc2)[C@H](OCc2ccccc2)[C@H]1OCc1ccccc1)N=[N+]=[N-]. The highest BCUT2D eigenvalue weighted by atomic mass is 16.6. The van der Waals surface area contributed by atoms with Crippen LogP contribution in [0, 0.1) is 11.3 Å². The molecule has 1 fully saturated rings. The van der Waals surface area contributed by atoms with Gasteiger partial charge in [0.25, 0.3) is 0 Å². The molecule has 11 nitrogen and oxygen atoms in total. The Morgan fingerprint density at radius 1 is 0.508 bits per heavy atom. The monoisotopic (exact) mass is 872 g/mol. The summed E-state index contributed by atoms with van der Waals surface area (Å²) < 4.78 is 47.7. The van der Waals surface area contributed by atoms with Crippen molar-refractivity contribution in [3.05, 3.63) is 226 Å². The van der Waals surface area contributed by atoms with Gasteiger partial charge in [0.1, 0.15) is 24.4 Å². The molecular formula is C54H56N4O7. The van der Waals surface area contributed by atoms with Crippen LogP contribution in [0.5, 0.6) is 0 Å². The van der Waals surface area contributed by atoms with Crippen LogP contribution in [0.3, 0.4) is 0 Å². The third kappa shape index (κ3) is 14.7. The zero-order valence-electron chi connectivity index (χ0n) is 36.4. The number of benzene rings is 6.